The van der Waals surface area contributed by atoms with Crippen molar-refractivity contribution < 1.29 is 0 Å². The fourth-order valence-corrected chi connectivity index (χ4v) is 3.07. The topological polar surface area (TPSA) is 34.4 Å². The average Bonchev–Trinajstić information content (AvgIpc) is 2.70. The van der Waals surface area contributed by atoms with Crippen LogP contribution in [0.25, 0.3) is 6.08 Å². The van der Waals surface area contributed by atoms with Gasteiger partial charge in [-0.3, -0.25) is 14.4 Å². The van der Waals surface area contributed by atoms with Crippen LogP contribution >= 0.6 is 11.3 Å². The number of thiazole rings is 1. The quantitative estimate of drug-likeness (QED) is 0.753. The van der Waals surface area contributed by atoms with Crippen LogP contribution in [-0.2, 0) is 6.54 Å². The maximum absolute atomic E-state index is 12.2. The van der Waals surface area contributed by atoms with Gasteiger partial charge >= 0.3 is 0 Å². The minimum Gasteiger partial charge on any atom is -0.284 e. The number of hydrogen-bond donors (Lipinski definition) is 0. The first kappa shape index (κ1) is 11.4. The van der Waals surface area contributed by atoms with Crippen LogP contribution in [0.3, 0.4) is 0 Å². The van der Waals surface area contributed by atoms with Crippen molar-refractivity contribution >= 4 is 17.4 Å². The predicted molar refractivity (Wildman–Crippen MR) is 73.6 cm³/mol. The van der Waals surface area contributed by atoms with Crippen molar-refractivity contribution in [1.29, 1.82) is 0 Å². The molecule has 3 nitrogen and oxygen atoms in total. The van der Waals surface area contributed by atoms with Crippen LogP contribution in [0.2, 0.25) is 0 Å². The fourth-order valence-electron chi connectivity index (χ4n) is 2.04. The van der Waals surface area contributed by atoms with E-state index in [0.717, 1.165) is 34.4 Å². The van der Waals surface area contributed by atoms with Crippen molar-refractivity contribution in [3.8, 4) is 0 Å². The van der Waals surface area contributed by atoms with Crippen LogP contribution < -0.4 is 14.9 Å². The summed E-state index contributed by atoms with van der Waals surface area (Å²) in [5.41, 5.74) is 2.39. The summed E-state index contributed by atoms with van der Waals surface area (Å²) in [6.07, 6.45) is 2.92. The second-order valence-electron chi connectivity index (χ2n) is 4.50. The van der Waals surface area contributed by atoms with Gasteiger partial charge in [-0.15, -0.1) is 0 Å². The number of aromatic nitrogens is 1. The number of rotatable bonds is 1. The van der Waals surface area contributed by atoms with E-state index in [2.05, 4.69) is 24.0 Å². The van der Waals surface area contributed by atoms with Gasteiger partial charge in [0.25, 0.3) is 5.56 Å². The van der Waals surface area contributed by atoms with Gasteiger partial charge < -0.3 is 0 Å². The second-order valence-corrected chi connectivity index (χ2v) is 5.51. The fraction of sp³-hybridized carbons (Fsp3) is 0.286. The van der Waals surface area contributed by atoms with E-state index in [1.165, 1.54) is 16.9 Å². The lowest BCUT2D eigenvalue weighted by Gasteiger charge is -2.03. The molecule has 4 heteroatoms. The Morgan fingerprint density at radius 1 is 1.33 bits per heavy atom. The minimum absolute atomic E-state index is 0.0963. The normalized spacial score (nSPS) is 15.3. The van der Waals surface area contributed by atoms with E-state index in [1.807, 2.05) is 18.2 Å². The van der Waals surface area contributed by atoms with Gasteiger partial charge in [0.2, 0.25) is 0 Å². The molecule has 0 saturated carbocycles. The monoisotopic (exact) mass is 258 g/mol. The third-order valence-electron chi connectivity index (χ3n) is 3.05. The number of hydrogen-bond acceptors (Lipinski definition) is 3. The summed E-state index contributed by atoms with van der Waals surface area (Å²) in [5, 5.41) is 0. The molecule has 0 unspecified atom stereocenters. The maximum atomic E-state index is 12.2. The molecule has 1 aliphatic heterocycles. The van der Waals surface area contributed by atoms with Gasteiger partial charge in [-0.2, -0.15) is 0 Å². The van der Waals surface area contributed by atoms with E-state index in [0.29, 0.717) is 0 Å². The summed E-state index contributed by atoms with van der Waals surface area (Å²) in [7, 11) is 0. The first-order valence-electron chi connectivity index (χ1n) is 6.06. The molecule has 0 atom stereocenters. The summed E-state index contributed by atoms with van der Waals surface area (Å²) in [5.74, 6) is 0. The lowest BCUT2D eigenvalue weighted by atomic mass is 10.1. The van der Waals surface area contributed by atoms with Crippen molar-refractivity contribution in [3.63, 3.8) is 0 Å². The Bertz CT molecular complexity index is 738. The average molecular weight is 258 g/mol. The van der Waals surface area contributed by atoms with Gasteiger partial charge in [0.15, 0.2) is 4.80 Å². The van der Waals surface area contributed by atoms with E-state index >= 15 is 0 Å². The molecule has 0 spiro atoms. The Labute approximate surface area is 109 Å². The third kappa shape index (κ3) is 2.04. The zero-order valence-corrected chi connectivity index (χ0v) is 11.0. The molecule has 1 aliphatic rings. The highest BCUT2D eigenvalue weighted by Crippen LogP contribution is 2.03. The van der Waals surface area contributed by atoms with Gasteiger partial charge in [-0.25, -0.2) is 0 Å². The Morgan fingerprint density at radius 2 is 2.11 bits per heavy atom. The molecule has 3 rings (SSSR count). The van der Waals surface area contributed by atoms with Crippen LogP contribution in [0.5, 0.6) is 0 Å². The van der Waals surface area contributed by atoms with Crippen molar-refractivity contribution in [2.75, 3.05) is 6.54 Å². The van der Waals surface area contributed by atoms with E-state index < -0.39 is 0 Å². The lowest BCUT2D eigenvalue weighted by molar-refractivity contribution is 0.573. The van der Waals surface area contributed by atoms with E-state index in [4.69, 9.17) is 0 Å². The molecule has 1 aromatic heterocycles. The van der Waals surface area contributed by atoms with Crippen molar-refractivity contribution in [1.82, 2.24) is 4.57 Å². The molecule has 0 amide bonds. The molecule has 0 radical (unpaired) electrons. The first-order chi connectivity index (χ1) is 8.74. The summed E-state index contributed by atoms with van der Waals surface area (Å²) in [4.78, 5) is 17.4. The van der Waals surface area contributed by atoms with Crippen molar-refractivity contribution in [2.24, 2.45) is 4.99 Å². The van der Waals surface area contributed by atoms with E-state index in [9.17, 15) is 4.79 Å². The number of fused-ring (bicyclic) bond motifs is 1. The highest BCUT2D eigenvalue weighted by Gasteiger charge is 2.08. The molecular weight excluding hydrogens is 244 g/mol. The molecule has 0 saturated heterocycles. The van der Waals surface area contributed by atoms with E-state index in [-0.39, 0.29) is 5.56 Å². The Kier molecular flexibility index (Phi) is 2.88. The van der Waals surface area contributed by atoms with Crippen LogP contribution in [0.15, 0.2) is 34.1 Å². The van der Waals surface area contributed by atoms with Crippen LogP contribution in [0.4, 0.5) is 0 Å². The van der Waals surface area contributed by atoms with Gasteiger partial charge in [-0.1, -0.05) is 41.2 Å². The Hall–Kier alpha value is -1.68. The largest absolute Gasteiger partial charge is 0.284 e. The Morgan fingerprint density at radius 3 is 2.83 bits per heavy atom. The summed E-state index contributed by atoms with van der Waals surface area (Å²) in [6.45, 7) is 3.70. The molecule has 2 heterocycles. The zero-order valence-electron chi connectivity index (χ0n) is 10.2. The van der Waals surface area contributed by atoms with Crippen molar-refractivity contribution in [3.05, 3.63) is 55.1 Å². The van der Waals surface area contributed by atoms with Crippen LogP contribution in [0.1, 0.15) is 17.5 Å². The standard InChI is InChI=1S/C14H14N2OS/c1-10-3-5-11(6-4-10)9-12-13(17)16-8-2-7-15-14(16)18-12/h3-6,9H,2,7-8H2,1H3. The summed E-state index contributed by atoms with van der Waals surface area (Å²) >= 11 is 1.49. The van der Waals surface area contributed by atoms with E-state index in [1.54, 1.807) is 4.57 Å². The highest BCUT2D eigenvalue weighted by molar-refractivity contribution is 7.07. The van der Waals surface area contributed by atoms with Crippen molar-refractivity contribution in [2.45, 2.75) is 19.9 Å². The number of aryl methyl sites for hydroxylation is 1. The third-order valence-corrected chi connectivity index (χ3v) is 4.09. The molecule has 18 heavy (non-hydrogen) atoms. The second kappa shape index (κ2) is 4.53. The summed E-state index contributed by atoms with van der Waals surface area (Å²) < 4.78 is 2.56. The van der Waals surface area contributed by atoms with Gasteiger partial charge in [-0.05, 0) is 25.0 Å². The van der Waals surface area contributed by atoms with Gasteiger partial charge in [0, 0.05) is 13.1 Å². The van der Waals surface area contributed by atoms with Crippen LogP contribution in [0, 0.1) is 6.92 Å². The smallest absolute Gasteiger partial charge is 0.270 e. The highest BCUT2D eigenvalue weighted by atomic mass is 32.1. The lowest BCUT2D eigenvalue weighted by Crippen LogP contribution is -2.33. The molecule has 1 aromatic carbocycles. The number of nitrogens with zero attached hydrogens (tertiary/aromatic N) is 2. The molecule has 0 N–H and O–H groups in total. The minimum atomic E-state index is 0.0963. The Balaban J connectivity index is 2.16. The molecule has 0 bridgehead atoms. The molecule has 2 aromatic rings. The maximum Gasteiger partial charge on any atom is 0.270 e. The predicted octanol–water partition coefficient (Wildman–Crippen LogP) is 1.07. The summed E-state index contributed by atoms with van der Waals surface area (Å²) in [6, 6.07) is 8.19. The first-order valence-corrected chi connectivity index (χ1v) is 6.88. The molecule has 92 valence electrons. The molecule has 0 fully saturated rings. The van der Waals surface area contributed by atoms with Gasteiger partial charge in [0.05, 0.1) is 4.53 Å². The zero-order chi connectivity index (χ0) is 12.5. The van der Waals surface area contributed by atoms with Crippen LogP contribution in [-0.4, -0.2) is 11.1 Å². The number of benzene rings is 1. The van der Waals surface area contributed by atoms with Gasteiger partial charge in [0.1, 0.15) is 0 Å². The SMILES string of the molecule is Cc1ccc(C=c2sc3n(c2=O)CCCN=3)cc1. The molecule has 0 aliphatic carbocycles. The molecular formula is C14H14N2OS.